The number of anilines is 1. The third-order valence-corrected chi connectivity index (χ3v) is 3.27. The molecule has 0 aliphatic carbocycles. The number of ether oxygens (including phenoxy) is 2. The third-order valence-electron chi connectivity index (χ3n) is 3.04. The molecule has 2 rings (SSSR count). The molecule has 5 heteroatoms. The van der Waals surface area contributed by atoms with E-state index in [9.17, 15) is 4.79 Å². The van der Waals surface area contributed by atoms with Gasteiger partial charge in [-0.25, -0.2) is 0 Å². The first kappa shape index (κ1) is 16.9. The zero-order chi connectivity index (χ0) is 16.7. The second-order valence-electron chi connectivity index (χ2n) is 4.67. The molecule has 0 heterocycles. The number of nitrogens with one attached hydrogen (secondary N) is 1. The van der Waals surface area contributed by atoms with Crippen LogP contribution in [0.15, 0.2) is 48.5 Å². The lowest BCUT2D eigenvalue weighted by molar-refractivity contribution is -0.111. The van der Waals surface area contributed by atoms with Crippen molar-refractivity contribution in [3.63, 3.8) is 0 Å². The Hall–Kier alpha value is -2.46. The summed E-state index contributed by atoms with van der Waals surface area (Å²) in [5.74, 6) is 1.18. The zero-order valence-corrected chi connectivity index (χ0v) is 13.8. The van der Waals surface area contributed by atoms with E-state index in [1.54, 1.807) is 43.5 Å². The summed E-state index contributed by atoms with van der Waals surface area (Å²) in [6.45, 7) is 2.53. The van der Waals surface area contributed by atoms with Gasteiger partial charge in [-0.2, -0.15) is 0 Å². The van der Waals surface area contributed by atoms with Gasteiger partial charge >= 0.3 is 0 Å². The van der Waals surface area contributed by atoms with E-state index in [1.807, 2.05) is 19.1 Å². The van der Waals surface area contributed by atoms with Crippen molar-refractivity contribution in [3.8, 4) is 11.5 Å². The summed E-state index contributed by atoms with van der Waals surface area (Å²) >= 11 is 5.96. The number of hydrogen-bond donors (Lipinski definition) is 1. The third kappa shape index (κ3) is 5.04. The van der Waals surface area contributed by atoms with Crippen molar-refractivity contribution in [2.45, 2.75) is 6.92 Å². The molecule has 0 aliphatic heterocycles. The van der Waals surface area contributed by atoms with Gasteiger partial charge < -0.3 is 14.8 Å². The van der Waals surface area contributed by atoms with Crippen LogP contribution in [0, 0.1) is 0 Å². The number of methoxy groups -OCH3 is 1. The van der Waals surface area contributed by atoms with Crippen molar-refractivity contribution in [1.29, 1.82) is 0 Å². The molecule has 0 saturated heterocycles. The number of amides is 1. The molecule has 0 radical (unpaired) electrons. The molecule has 0 atom stereocenters. The number of carbonyl (C=O) groups is 1. The van der Waals surface area contributed by atoms with Crippen LogP contribution in [0.25, 0.3) is 6.08 Å². The highest BCUT2D eigenvalue weighted by Crippen LogP contribution is 2.24. The van der Waals surface area contributed by atoms with E-state index in [1.165, 1.54) is 6.08 Å². The second-order valence-corrected chi connectivity index (χ2v) is 5.10. The lowest BCUT2D eigenvalue weighted by atomic mass is 10.2. The molecule has 0 aliphatic rings. The normalized spacial score (nSPS) is 10.6. The SMILES string of the molecule is CCOc1ccc(NC(=O)/C=C/c2cc(Cl)ccc2OC)cc1. The zero-order valence-electron chi connectivity index (χ0n) is 13.0. The van der Waals surface area contributed by atoms with Gasteiger partial charge in [0.15, 0.2) is 0 Å². The van der Waals surface area contributed by atoms with Crippen LogP contribution in [0.2, 0.25) is 5.02 Å². The van der Waals surface area contributed by atoms with E-state index in [-0.39, 0.29) is 5.91 Å². The van der Waals surface area contributed by atoms with E-state index < -0.39 is 0 Å². The van der Waals surface area contributed by atoms with Crippen LogP contribution in [-0.4, -0.2) is 19.6 Å². The predicted molar refractivity (Wildman–Crippen MR) is 93.3 cm³/mol. The van der Waals surface area contributed by atoms with Crippen molar-refractivity contribution < 1.29 is 14.3 Å². The van der Waals surface area contributed by atoms with Gasteiger partial charge in [0, 0.05) is 22.3 Å². The molecule has 4 nitrogen and oxygen atoms in total. The summed E-state index contributed by atoms with van der Waals surface area (Å²) in [5, 5.41) is 3.36. The Labute approximate surface area is 140 Å². The summed E-state index contributed by atoms with van der Waals surface area (Å²) in [4.78, 5) is 12.0. The Kier molecular flexibility index (Phi) is 6.06. The highest BCUT2D eigenvalue weighted by Gasteiger charge is 2.03. The highest BCUT2D eigenvalue weighted by molar-refractivity contribution is 6.30. The van der Waals surface area contributed by atoms with Crippen molar-refractivity contribution in [3.05, 3.63) is 59.1 Å². The van der Waals surface area contributed by atoms with Crippen LogP contribution in [0.1, 0.15) is 12.5 Å². The molecule has 0 fully saturated rings. The predicted octanol–water partition coefficient (Wildman–Crippen LogP) is 4.40. The fourth-order valence-electron chi connectivity index (χ4n) is 1.99. The van der Waals surface area contributed by atoms with Gasteiger partial charge in [0.25, 0.3) is 0 Å². The fourth-order valence-corrected chi connectivity index (χ4v) is 2.17. The monoisotopic (exact) mass is 331 g/mol. The summed E-state index contributed by atoms with van der Waals surface area (Å²) in [6.07, 6.45) is 3.10. The molecule has 0 unspecified atom stereocenters. The summed E-state index contributed by atoms with van der Waals surface area (Å²) in [5.41, 5.74) is 1.43. The number of rotatable bonds is 6. The number of hydrogen-bond acceptors (Lipinski definition) is 3. The molecule has 23 heavy (non-hydrogen) atoms. The van der Waals surface area contributed by atoms with Crippen LogP contribution in [-0.2, 0) is 4.79 Å². The minimum atomic E-state index is -0.240. The van der Waals surface area contributed by atoms with Gasteiger partial charge in [-0.3, -0.25) is 4.79 Å². The lowest BCUT2D eigenvalue weighted by Crippen LogP contribution is -2.07. The molecular formula is C18H18ClNO3. The van der Waals surface area contributed by atoms with E-state index in [0.717, 1.165) is 11.3 Å². The molecule has 2 aromatic carbocycles. The van der Waals surface area contributed by atoms with Crippen molar-refractivity contribution >= 4 is 29.3 Å². The Morgan fingerprint density at radius 2 is 1.96 bits per heavy atom. The van der Waals surface area contributed by atoms with Crippen LogP contribution in [0.5, 0.6) is 11.5 Å². The Morgan fingerprint density at radius 3 is 2.61 bits per heavy atom. The maximum atomic E-state index is 12.0. The lowest BCUT2D eigenvalue weighted by Gasteiger charge is -2.06. The van der Waals surface area contributed by atoms with E-state index in [0.29, 0.717) is 23.1 Å². The van der Waals surface area contributed by atoms with Gasteiger partial charge in [-0.1, -0.05) is 11.6 Å². The molecule has 0 saturated carbocycles. The first-order valence-corrected chi connectivity index (χ1v) is 7.55. The minimum absolute atomic E-state index is 0.240. The maximum Gasteiger partial charge on any atom is 0.248 e. The van der Waals surface area contributed by atoms with Gasteiger partial charge in [0.1, 0.15) is 11.5 Å². The first-order valence-electron chi connectivity index (χ1n) is 7.18. The van der Waals surface area contributed by atoms with Crippen molar-refractivity contribution in [2.75, 3.05) is 19.0 Å². The smallest absolute Gasteiger partial charge is 0.248 e. The molecule has 1 amide bonds. The Balaban J connectivity index is 2.03. The van der Waals surface area contributed by atoms with Crippen molar-refractivity contribution in [2.24, 2.45) is 0 Å². The number of benzene rings is 2. The quantitative estimate of drug-likeness (QED) is 0.798. The van der Waals surface area contributed by atoms with Gasteiger partial charge in [-0.15, -0.1) is 0 Å². The average molecular weight is 332 g/mol. The average Bonchev–Trinajstić information content (AvgIpc) is 2.55. The number of halogens is 1. The standard InChI is InChI=1S/C18H18ClNO3/c1-3-23-16-8-6-15(7-9-16)20-18(21)11-4-13-12-14(19)5-10-17(13)22-2/h4-12H,3H2,1-2H3,(H,20,21)/b11-4+. The molecule has 120 valence electrons. The van der Waals surface area contributed by atoms with Crippen molar-refractivity contribution in [1.82, 2.24) is 0 Å². The van der Waals surface area contributed by atoms with Gasteiger partial charge in [0.2, 0.25) is 5.91 Å². The molecule has 1 N–H and O–H groups in total. The van der Waals surface area contributed by atoms with E-state index >= 15 is 0 Å². The number of carbonyl (C=O) groups excluding carboxylic acids is 1. The summed E-state index contributed by atoms with van der Waals surface area (Å²) in [6, 6.07) is 12.4. The first-order chi connectivity index (χ1) is 11.1. The van der Waals surface area contributed by atoms with E-state index in [4.69, 9.17) is 21.1 Å². The highest BCUT2D eigenvalue weighted by atomic mass is 35.5. The molecule has 2 aromatic rings. The summed E-state index contributed by atoms with van der Waals surface area (Å²) < 4.78 is 10.6. The van der Waals surface area contributed by atoms with E-state index in [2.05, 4.69) is 5.32 Å². The van der Waals surface area contributed by atoms with Gasteiger partial charge in [-0.05, 0) is 55.5 Å². The van der Waals surface area contributed by atoms with Crippen LogP contribution < -0.4 is 14.8 Å². The minimum Gasteiger partial charge on any atom is -0.496 e. The molecule has 0 aromatic heterocycles. The molecular weight excluding hydrogens is 314 g/mol. The second kappa shape index (κ2) is 8.25. The Bertz CT molecular complexity index is 696. The van der Waals surface area contributed by atoms with Crippen LogP contribution >= 0.6 is 11.6 Å². The fraction of sp³-hybridized carbons (Fsp3) is 0.167. The Morgan fingerprint density at radius 1 is 1.22 bits per heavy atom. The molecule has 0 spiro atoms. The maximum absolute atomic E-state index is 12.0. The molecule has 0 bridgehead atoms. The van der Waals surface area contributed by atoms with Crippen LogP contribution in [0.4, 0.5) is 5.69 Å². The largest absolute Gasteiger partial charge is 0.496 e. The van der Waals surface area contributed by atoms with Gasteiger partial charge in [0.05, 0.1) is 13.7 Å². The topological polar surface area (TPSA) is 47.6 Å². The summed E-state index contributed by atoms with van der Waals surface area (Å²) in [7, 11) is 1.57. The van der Waals surface area contributed by atoms with Crippen LogP contribution in [0.3, 0.4) is 0 Å².